The molecule has 1 heterocycles. The molecule has 1 amide bonds. The molecule has 2 rings (SSSR count). The Balaban J connectivity index is 1.80. The molecule has 0 N–H and O–H groups in total. The van der Waals surface area contributed by atoms with Gasteiger partial charge in [-0.2, -0.15) is 0 Å². The molecule has 0 radical (unpaired) electrons. The molecule has 1 saturated heterocycles. The van der Waals surface area contributed by atoms with Gasteiger partial charge < -0.3 is 4.90 Å². The lowest BCUT2D eigenvalue weighted by Crippen LogP contribution is -2.48. The van der Waals surface area contributed by atoms with E-state index in [1.54, 1.807) is 0 Å². The Morgan fingerprint density at radius 2 is 1.85 bits per heavy atom. The standard InChI is InChI=1S/C17H26N2O/c1-3-4-9-17(20)19-12-10-18(11-13-19)14-16-8-6-5-7-15(16)2/h5-8H,3-4,9-14H2,1-2H3. The highest BCUT2D eigenvalue weighted by Crippen LogP contribution is 2.13. The van der Waals surface area contributed by atoms with Gasteiger partial charge in [0, 0.05) is 39.1 Å². The number of nitrogens with zero attached hydrogens (tertiary/aromatic N) is 2. The molecule has 110 valence electrons. The first-order chi connectivity index (χ1) is 9.70. The van der Waals surface area contributed by atoms with Crippen LogP contribution in [0.3, 0.4) is 0 Å². The molecule has 0 spiro atoms. The van der Waals surface area contributed by atoms with Gasteiger partial charge in [-0.05, 0) is 24.5 Å². The number of aryl methyl sites for hydroxylation is 1. The van der Waals surface area contributed by atoms with Crippen molar-refractivity contribution in [3.05, 3.63) is 35.4 Å². The van der Waals surface area contributed by atoms with Crippen LogP contribution in [-0.2, 0) is 11.3 Å². The summed E-state index contributed by atoms with van der Waals surface area (Å²) in [5.74, 6) is 0.336. The minimum Gasteiger partial charge on any atom is -0.340 e. The van der Waals surface area contributed by atoms with Crippen LogP contribution < -0.4 is 0 Å². The molecule has 1 aliphatic rings. The smallest absolute Gasteiger partial charge is 0.222 e. The maximum absolute atomic E-state index is 12.0. The molecule has 0 aliphatic carbocycles. The van der Waals surface area contributed by atoms with Gasteiger partial charge in [-0.15, -0.1) is 0 Å². The number of carbonyl (C=O) groups excluding carboxylic acids is 1. The molecule has 0 unspecified atom stereocenters. The molecule has 1 aromatic carbocycles. The monoisotopic (exact) mass is 274 g/mol. The first-order valence-electron chi connectivity index (χ1n) is 7.75. The van der Waals surface area contributed by atoms with Gasteiger partial charge in [-0.1, -0.05) is 37.6 Å². The van der Waals surface area contributed by atoms with Crippen molar-refractivity contribution in [1.82, 2.24) is 9.80 Å². The van der Waals surface area contributed by atoms with Crippen molar-refractivity contribution < 1.29 is 4.79 Å². The van der Waals surface area contributed by atoms with Crippen molar-refractivity contribution in [1.29, 1.82) is 0 Å². The average molecular weight is 274 g/mol. The summed E-state index contributed by atoms with van der Waals surface area (Å²) in [6, 6.07) is 8.56. The second-order valence-corrected chi connectivity index (χ2v) is 5.69. The van der Waals surface area contributed by atoms with E-state index in [0.29, 0.717) is 12.3 Å². The lowest BCUT2D eigenvalue weighted by molar-refractivity contribution is -0.133. The van der Waals surface area contributed by atoms with Crippen molar-refractivity contribution in [3.63, 3.8) is 0 Å². The third kappa shape index (κ3) is 4.07. The molecule has 1 fully saturated rings. The highest BCUT2D eigenvalue weighted by atomic mass is 16.2. The summed E-state index contributed by atoms with van der Waals surface area (Å²) in [4.78, 5) is 16.5. The molecule has 0 bridgehead atoms. The number of unbranched alkanes of at least 4 members (excludes halogenated alkanes) is 1. The topological polar surface area (TPSA) is 23.6 Å². The zero-order chi connectivity index (χ0) is 14.4. The fourth-order valence-electron chi connectivity index (χ4n) is 2.67. The van der Waals surface area contributed by atoms with Crippen molar-refractivity contribution in [2.45, 2.75) is 39.7 Å². The summed E-state index contributed by atoms with van der Waals surface area (Å²) in [5.41, 5.74) is 2.76. The SMILES string of the molecule is CCCCC(=O)N1CCN(Cc2ccccc2C)CC1. The van der Waals surface area contributed by atoms with Gasteiger partial charge in [0.05, 0.1) is 0 Å². The van der Waals surface area contributed by atoms with Crippen LogP contribution in [0, 0.1) is 6.92 Å². The van der Waals surface area contributed by atoms with Crippen LogP contribution in [0.5, 0.6) is 0 Å². The van der Waals surface area contributed by atoms with E-state index in [4.69, 9.17) is 0 Å². The highest BCUT2D eigenvalue weighted by molar-refractivity contribution is 5.76. The predicted octanol–water partition coefficient (Wildman–Crippen LogP) is 2.83. The Labute approximate surface area is 122 Å². The molecular weight excluding hydrogens is 248 g/mol. The van der Waals surface area contributed by atoms with Crippen LogP contribution >= 0.6 is 0 Å². The summed E-state index contributed by atoms with van der Waals surface area (Å²) < 4.78 is 0. The first-order valence-corrected chi connectivity index (χ1v) is 7.75. The number of rotatable bonds is 5. The predicted molar refractivity (Wildman–Crippen MR) is 82.6 cm³/mol. The second-order valence-electron chi connectivity index (χ2n) is 5.69. The fraction of sp³-hybridized carbons (Fsp3) is 0.588. The fourth-order valence-corrected chi connectivity index (χ4v) is 2.67. The van der Waals surface area contributed by atoms with Crippen LogP contribution in [0.15, 0.2) is 24.3 Å². The van der Waals surface area contributed by atoms with E-state index in [1.165, 1.54) is 11.1 Å². The number of carbonyl (C=O) groups is 1. The van der Waals surface area contributed by atoms with Gasteiger partial charge in [-0.25, -0.2) is 0 Å². The maximum Gasteiger partial charge on any atom is 0.222 e. The van der Waals surface area contributed by atoms with E-state index in [-0.39, 0.29) is 0 Å². The van der Waals surface area contributed by atoms with E-state index < -0.39 is 0 Å². The molecule has 0 saturated carbocycles. The average Bonchev–Trinajstić information content (AvgIpc) is 2.48. The molecule has 1 aromatic rings. The molecule has 3 nitrogen and oxygen atoms in total. The maximum atomic E-state index is 12.0. The zero-order valence-corrected chi connectivity index (χ0v) is 12.8. The third-order valence-corrected chi connectivity index (χ3v) is 4.12. The van der Waals surface area contributed by atoms with E-state index in [9.17, 15) is 4.79 Å². The second kappa shape index (κ2) is 7.44. The summed E-state index contributed by atoms with van der Waals surface area (Å²) in [6.07, 6.45) is 2.83. The Morgan fingerprint density at radius 1 is 1.15 bits per heavy atom. The van der Waals surface area contributed by atoms with E-state index in [1.807, 2.05) is 4.90 Å². The minimum atomic E-state index is 0.336. The molecule has 3 heteroatoms. The Kier molecular flexibility index (Phi) is 5.60. The molecule has 0 atom stereocenters. The molecule has 20 heavy (non-hydrogen) atoms. The van der Waals surface area contributed by atoms with Crippen LogP contribution in [0.1, 0.15) is 37.3 Å². The molecular formula is C17H26N2O. The Hall–Kier alpha value is -1.35. The molecule has 1 aliphatic heterocycles. The lowest BCUT2D eigenvalue weighted by atomic mass is 10.1. The quantitative estimate of drug-likeness (QED) is 0.824. The highest BCUT2D eigenvalue weighted by Gasteiger charge is 2.20. The van der Waals surface area contributed by atoms with Crippen LogP contribution in [0.25, 0.3) is 0 Å². The van der Waals surface area contributed by atoms with Gasteiger partial charge in [0.2, 0.25) is 5.91 Å². The Bertz CT molecular complexity index is 436. The number of piperazine rings is 1. The number of hydrogen-bond donors (Lipinski definition) is 0. The van der Waals surface area contributed by atoms with E-state index in [2.05, 4.69) is 43.0 Å². The normalized spacial score (nSPS) is 16.4. The van der Waals surface area contributed by atoms with Gasteiger partial charge >= 0.3 is 0 Å². The van der Waals surface area contributed by atoms with Crippen LogP contribution in [0.2, 0.25) is 0 Å². The summed E-state index contributed by atoms with van der Waals surface area (Å²) in [5, 5.41) is 0. The van der Waals surface area contributed by atoms with E-state index in [0.717, 1.165) is 45.6 Å². The van der Waals surface area contributed by atoms with Crippen molar-refractivity contribution in [2.75, 3.05) is 26.2 Å². The molecule has 0 aromatic heterocycles. The van der Waals surface area contributed by atoms with Crippen molar-refractivity contribution >= 4 is 5.91 Å². The lowest BCUT2D eigenvalue weighted by Gasteiger charge is -2.35. The number of amides is 1. The Morgan fingerprint density at radius 3 is 2.50 bits per heavy atom. The van der Waals surface area contributed by atoms with E-state index >= 15 is 0 Å². The zero-order valence-electron chi connectivity index (χ0n) is 12.8. The third-order valence-electron chi connectivity index (χ3n) is 4.12. The van der Waals surface area contributed by atoms with Crippen molar-refractivity contribution in [3.8, 4) is 0 Å². The van der Waals surface area contributed by atoms with Crippen molar-refractivity contribution in [2.24, 2.45) is 0 Å². The van der Waals surface area contributed by atoms with Gasteiger partial charge in [0.1, 0.15) is 0 Å². The summed E-state index contributed by atoms with van der Waals surface area (Å²) >= 11 is 0. The largest absolute Gasteiger partial charge is 0.340 e. The van der Waals surface area contributed by atoms with Crippen LogP contribution in [0.4, 0.5) is 0 Å². The van der Waals surface area contributed by atoms with Gasteiger partial charge in [0.25, 0.3) is 0 Å². The summed E-state index contributed by atoms with van der Waals surface area (Å²) in [6.45, 7) is 9.05. The van der Waals surface area contributed by atoms with Gasteiger partial charge in [0.15, 0.2) is 0 Å². The van der Waals surface area contributed by atoms with Crippen LogP contribution in [-0.4, -0.2) is 41.9 Å². The number of hydrogen-bond acceptors (Lipinski definition) is 2. The summed E-state index contributed by atoms with van der Waals surface area (Å²) in [7, 11) is 0. The number of benzene rings is 1. The first kappa shape index (κ1) is 15.0. The minimum absolute atomic E-state index is 0.336. The van der Waals surface area contributed by atoms with Gasteiger partial charge in [-0.3, -0.25) is 9.69 Å².